The highest BCUT2D eigenvalue weighted by atomic mass is 35.5. The molecule has 0 radical (unpaired) electrons. The summed E-state index contributed by atoms with van der Waals surface area (Å²) >= 11 is 5.81. The van der Waals surface area contributed by atoms with E-state index < -0.39 is 0 Å². The third-order valence-corrected chi connectivity index (χ3v) is 3.13. The van der Waals surface area contributed by atoms with E-state index in [0.717, 1.165) is 11.3 Å². The van der Waals surface area contributed by atoms with Gasteiger partial charge in [-0.15, -0.1) is 0 Å². The standard InChI is InChI=1S/C15H15ClN2O2/c1-20-14-5-3-2-4-10(14)9-18-15(19)12-7-6-11(16)8-13(12)17/h2-8H,9,17H2,1H3,(H,18,19). The van der Waals surface area contributed by atoms with Crippen molar-refractivity contribution >= 4 is 23.2 Å². The van der Waals surface area contributed by atoms with Gasteiger partial charge in [-0.1, -0.05) is 29.8 Å². The molecule has 3 N–H and O–H groups in total. The fraction of sp³-hybridized carbons (Fsp3) is 0.133. The van der Waals surface area contributed by atoms with Crippen LogP contribution >= 0.6 is 11.6 Å². The number of hydrogen-bond donors (Lipinski definition) is 2. The molecular formula is C15H15ClN2O2. The van der Waals surface area contributed by atoms with Gasteiger partial charge in [-0.25, -0.2) is 0 Å². The number of amides is 1. The highest BCUT2D eigenvalue weighted by Gasteiger charge is 2.10. The van der Waals surface area contributed by atoms with Crippen LogP contribution in [0.5, 0.6) is 5.75 Å². The topological polar surface area (TPSA) is 64.3 Å². The number of anilines is 1. The summed E-state index contributed by atoms with van der Waals surface area (Å²) in [5.41, 5.74) is 7.44. The zero-order chi connectivity index (χ0) is 14.5. The lowest BCUT2D eigenvalue weighted by molar-refractivity contribution is 0.0951. The van der Waals surface area contributed by atoms with E-state index in [4.69, 9.17) is 22.1 Å². The lowest BCUT2D eigenvalue weighted by atomic mass is 10.1. The molecular weight excluding hydrogens is 276 g/mol. The number of nitrogen functional groups attached to an aromatic ring is 1. The molecule has 2 aromatic carbocycles. The SMILES string of the molecule is COc1ccccc1CNC(=O)c1ccc(Cl)cc1N. The van der Waals surface area contributed by atoms with Crippen LogP contribution in [0.25, 0.3) is 0 Å². The molecule has 2 aromatic rings. The van der Waals surface area contributed by atoms with E-state index >= 15 is 0 Å². The molecule has 5 heteroatoms. The summed E-state index contributed by atoms with van der Waals surface area (Å²) in [5.74, 6) is 0.488. The highest BCUT2D eigenvalue weighted by Crippen LogP contribution is 2.19. The smallest absolute Gasteiger partial charge is 0.253 e. The Kier molecular flexibility index (Phi) is 4.48. The van der Waals surface area contributed by atoms with Crippen LogP contribution in [0.2, 0.25) is 5.02 Å². The fourth-order valence-electron chi connectivity index (χ4n) is 1.86. The van der Waals surface area contributed by atoms with Crippen LogP contribution in [0.15, 0.2) is 42.5 Å². The van der Waals surface area contributed by atoms with Gasteiger partial charge in [0.15, 0.2) is 0 Å². The summed E-state index contributed by atoms with van der Waals surface area (Å²) in [6, 6.07) is 12.3. The molecule has 0 spiro atoms. The van der Waals surface area contributed by atoms with Crippen molar-refractivity contribution in [3.05, 3.63) is 58.6 Å². The van der Waals surface area contributed by atoms with E-state index in [2.05, 4.69) is 5.32 Å². The quantitative estimate of drug-likeness (QED) is 0.851. The van der Waals surface area contributed by atoms with Crippen LogP contribution in [0, 0.1) is 0 Å². The summed E-state index contributed by atoms with van der Waals surface area (Å²) in [7, 11) is 1.60. The number of nitrogens with two attached hydrogens (primary N) is 1. The summed E-state index contributed by atoms with van der Waals surface area (Å²) in [6.07, 6.45) is 0. The van der Waals surface area contributed by atoms with E-state index in [1.165, 1.54) is 0 Å². The molecule has 0 unspecified atom stereocenters. The average Bonchev–Trinajstić information content (AvgIpc) is 2.45. The Morgan fingerprint density at radius 3 is 2.75 bits per heavy atom. The number of ether oxygens (including phenoxy) is 1. The highest BCUT2D eigenvalue weighted by molar-refractivity contribution is 6.31. The van der Waals surface area contributed by atoms with Crippen LogP contribution in [-0.2, 0) is 6.54 Å². The number of para-hydroxylation sites is 1. The number of carbonyl (C=O) groups is 1. The lowest BCUT2D eigenvalue weighted by Gasteiger charge is -2.10. The first-order valence-electron chi connectivity index (χ1n) is 6.07. The second-order valence-corrected chi connectivity index (χ2v) is 4.66. The molecule has 0 heterocycles. The van der Waals surface area contributed by atoms with E-state index in [9.17, 15) is 4.79 Å². The maximum absolute atomic E-state index is 12.1. The summed E-state index contributed by atoms with van der Waals surface area (Å²) in [5, 5.41) is 3.31. The number of nitrogens with one attached hydrogen (secondary N) is 1. The molecule has 0 saturated carbocycles. The van der Waals surface area contributed by atoms with Gasteiger partial charge >= 0.3 is 0 Å². The number of benzene rings is 2. The molecule has 0 saturated heterocycles. The molecule has 20 heavy (non-hydrogen) atoms. The number of methoxy groups -OCH3 is 1. The number of rotatable bonds is 4. The lowest BCUT2D eigenvalue weighted by Crippen LogP contribution is -2.24. The summed E-state index contributed by atoms with van der Waals surface area (Å²) in [6.45, 7) is 0.366. The van der Waals surface area contributed by atoms with Crippen molar-refractivity contribution in [1.82, 2.24) is 5.32 Å². The third-order valence-electron chi connectivity index (χ3n) is 2.89. The van der Waals surface area contributed by atoms with Crippen LogP contribution in [0.4, 0.5) is 5.69 Å². The molecule has 0 aliphatic rings. The van der Waals surface area contributed by atoms with Crippen molar-refractivity contribution in [2.45, 2.75) is 6.54 Å². The first-order valence-corrected chi connectivity index (χ1v) is 6.44. The molecule has 0 fully saturated rings. The second kappa shape index (κ2) is 6.30. The fourth-order valence-corrected chi connectivity index (χ4v) is 2.04. The number of halogens is 1. The van der Waals surface area contributed by atoms with Gasteiger partial charge in [0.2, 0.25) is 0 Å². The average molecular weight is 291 g/mol. The Bertz CT molecular complexity index is 629. The van der Waals surface area contributed by atoms with Gasteiger partial charge in [0.1, 0.15) is 5.75 Å². The van der Waals surface area contributed by atoms with Gasteiger partial charge in [0.05, 0.1) is 12.7 Å². The Labute approximate surface area is 122 Å². The first kappa shape index (κ1) is 14.2. The predicted octanol–water partition coefficient (Wildman–Crippen LogP) is 2.86. The summed E-state index contributed by atoms with van der Waals surface area (Å²) in [4.78, 5) is 12.1. The second-order valence-electron chi connectivity index (χ2n) is 4.23. The summed E-state index contributed by atoms with van der Waals surface area (Å²) < 4.78 is 5.23. The van der Waals surface area contributed by atoms with Gasteiger partial charge in [-0.05, 0) is 24.3 Å². The van der Waals surface area contributed by atoms with Gasteiger partial charge < -0.3 is 15.8 Å². The normalized spacial score (nSPS) is 10.1. The van der Waals surface area contributed by atoms with Crippen molar-refractivity contribution in [2.75, 3.05) is 12.8 Å². The van der Waals surface area contributed by atoms with Crippen LogP contribution in [0.3, 0.4) is 0 Å². The number of carbonyl (C=O) groups excluding carboxylic acids is 1. The number of hydrogen-bond acceptors (Lipinski definition) is 3. The molecule has 104 valence electrons. The van der Waals surface area contributed by atoms with E-state index in [0.29, 0.717) is 22.8 Å². The maximum Gasteiger partial charge on any atom is 0.253 e. The molecule has 0 aromatic heterocycles. The van der Waals surface area contributed by atoms with Crippen LogP contribution in [0.1, 0.15) is 15.9 Å². The van der Waals surface area contributed by atoms with Crippen LogP contribution < -0.4 is 15.8 Å². The van der Waals surface area contributed by atoms with Crippen molar-refractivity contribution in [1.29, 1.82) is 0 Å². The van der Waals surface area contributed by atoms with E-state index in [1.54, 1.807) is 25.3 Å². The molecule has 1 amide bonds. The zero-order valence-corrected chi connectivity index (χ0v) is 11.8. The molecule has 0 atom stereocenters. The zero-order valence-electron chi connectivity index (χ0n) is 11.0. The minimum absolute atomic E-state index is 0.245. The Balaban J connectivity index is 2.09. The third kappa shape index (κ3) is 3.22. The minimum Gasteiger partial charge on any atom is -0.496 e. The van der Waals surface area contributed by atoms with Gasteiger partial charge in [0.25, 0.3) is 5.91 Å². The molecule has 0 bridgehead atoms. The Morgan fingerprint density at radius 2 is 2.05 bits per heavy atom. The van der Waals surface area contributed by atoms with Crippen molar-refractivity contribution < 1.29 is 9.53 Å². The molecule has 0 aliphatic carbocycles. The van der Waals surface area contributed by atoms with Gasteiger partial charge in [0, 0.05) is 22.8 Å². The van der Waals surface area contributed by atoms with Crippen LogP contribution in [-0.4, -0.2) is 13.0 Å². The van der Waals surface area contributed by atoms with Gasteiger partial charge in [-0.3, -0.25) is 4.79 Å². The van der Waals surface area contributed by atoms with Gasteiger partial charge in [-0.2, -0.15) is 0 Å². The first-order chi connectivity index (χ1) is 9.61. The molecule has 0 aliphatic heterocycles. The molecule has 2 rings (SSSR count). The van der Waals surface area contributed by atoms with E-state index in [1.807, 2.05) is 24.3 Å². The largest absolute Gasteiger partial charge is 0.496 e. The minimum atomic E-state index is -0.245. The monoisotopic (exact) mass is 290 g/mol. The van der Waals surface area contributed by atoms with E-state index in [-0.39, 0.29) is 5.91 Å². The van der Waals surface area contributed by atoms with Crippen molar-refractivity contribution in [3.8, 4) is 5.75 Å². The molecule has 4 nitrogen and oxygen atoms in total. The maximum atomic E-state index is 12.1. The Hall–Kier alpha value is -2.20. The van der Waals surface area contributed by atoms with Crippen molar-refractivity contribution in [2.24, 2.45) is 0 Å². The Morgan fingerprint density at radius 1 is 1.30 bits per heavy atom. The predicted molar refractivity (Wildman–Crippen MR) is 80.0 cm³/mol. The van der Waals surface area contributed by atoms with Crippen molar-refractivity contribution in [3.63, 3.8) is 0 Å².